The van der Waals surface area contributed by atoms with Crippen LogP contribution in [0.1, 0.15) is 0 Å². The summed E-state index contributed by atoms with van der Waals surface area (Å²) in [6.07, 6.45) is 1.73. The van der Waals surface area contributed by atoms with Gasteiger partial charge in [0.15, 0.2) is 0 Å². The van der Waals surface area contributed by atoms with Crippen molar-refractivity contribution in [3.05, 3.63) is 40.3 Å². The molecule has 0 saturated heterocycles. The van der Waals surface area contributed by atoms with Crippen molar-refractivity contribution < 1.29 is 0 Å². The lowest BCUT2D eigenvalue weighted by Gasteiger charge is -1.91. The van der Waals surface area contributed by atoms with Crippen molar-refractivity contribution in [3.8, 4) is 0 Å². The number of rotatable bonds is 0. The number of fused-ring (bicyclic) bond motifs is 1. The van der Waals surface area contributed by atoms with Crippen molar-refractivity contribution in [2.45, 2.75) is 0 Å². The third-order valence-electron chi connectivity index (χ3n) is 1.74. The summed E-state index contributed by atoms with van der Waals surface area (Å²) >= 11 is 3.36. The van der Waals surface area contributed by atoms with E-state index < -0.39 is 0 Å². The lowest BCUT2D eigenvalue weighted by molar-refractivity contribution is 1.48. The molecule has 3 heteroatoms. The highest BCUT2D eigenvalue weighted by Gasteiger charge is 2.01. The van der Waals surface area contributed by atoms with Gasteiger partial charge in [0, 0.05) is 21.6 Å². The second-order valence-electron chi connectivity index (χ2n) is 2.48. The molecular formula is C9H5BrN2. The quantitative estimate of drug-likeness (QED) is 0.657. The molecule has 1 aromatic carbocycles. The molecule has 2 aromatic rings. The van der Waals surface area contributed by atoms with Gasteiger partial charge in [-0.15, -0.1) is 0 Å². The first-order valence-electron chi connectivity index (χ1n) is 3.45. The predicted octanol–water partition coefficient (Wildman–Crippen LogP) is 3.48. The van der Waals surface area contributed by atoms with Gasteiger partial charge >= 0.3 is 0 Å². The summed E-state index contributed by atoms with van der Waals surface area (Å²) in [5, 5.41) is 0.972. The van der Waals surface area contributed by atoms with E-state index in [1.807, 2.05) is 18.2 Å². The highest BCUT2D eigenvalue weighted by atomic mass is 79.9. The molecule has 0 spiro atoms. The first kappa shape index (κ1) is 7.38. The molecule has 0 aliphatic heterocycles. The second-order valence-corrected chi connectivity index (χ2v) is 3.39. The Morgan fingerprint density at radius 1 is 1.42 bits per heavy atom. The van der Waals surface area contributed by atoms with Crippen molar-refractivity contribution in [1.82, 2.24) is 4.98 Å². The van der Waals surface area contributed by atoms with E-state index in [4.69, 9.17) is 6.57 Å². The van der Waals surface area contributed by atoms with Crippen LogP contribution in [0.5, 0.6) is 0 Å². The smallest absolute Gasteiger partial charge is 0.211 e. The van der Waals surface area contributed by atoms with Crippen LogP contribution >= 0.6 is 15.9 Å². The molecule has 58 valence electrons. The Morgan fingerprint density at radius 3 is 3.00 bits per heavy atom. The van der Waals surface area contributed by atoms with Gasteiger partial charge in [-0.05, 0) is 18.2 Å². The molecule has 0 radical (unpaired) electrons. The van der Waals surface area contributed by atoms with Gasteiger partial charge in [0.2, 0.25) is 5.69 Å². The standard InChI is InChI=1S/C9H5BrN2/c1-11-9-5-12-8-3-2-6(10)4-7(8)9/h2-5,12H. The normalized spacial score (nSPS) is 10.0. The van der Waals surface area contributed by atoms with Gasteiger partial charge in [-0.25, -0.2) is 4.85 Å². The van der Waals surface area contributed by atoms with Gasteiger partial charge in [-0.1, -0.05) is 15.9 Å². The lowest BCUT2D eigenvalue weighted by Crippen LogP contribution is -1.66. The van der Waals surface area contributed by atoms with Crippen LogP contribution in [0.3, 0.4) is 0 Å². The minimum atomic E-state index is 0.673. The Hall–Kier alpha value is -1.27. The van der Waals surface area contributed by atoms with Gasteiger partial charge in [-0.2, -0.15) is 0 Å². The first-order chi connectivity index (χ1) is 5.81. The molecule has 0 aliphatic rings. The van der Waals surface area contributed by atoms with Gasteiger partial charge in [0.25, 0.3) is 0 Å². The fourth-order valence-corrected chi connectivity index (χ4v) is 1.53. The molecule has 0 bridgehead atoms. The maximum absolute atomic E-state index is 6.90. The van der Waals surface area contributed by atoms with Crippen molar-refractivity contribution in [2.24, 2.45) is 0 Å². The maximum Gasteiger partial charge on any atom is 0.211 e. The molecule has 1 aromatic heterocycles. The van der Waals surface area contributed by atoms with E-state index in [0.29, 0.717) is 5.69 Å². The van der Waals surface area contributed by atoms with E-state index in [0.717, 1.165) is 15.4 Å². The number of hydrogen-bond donors (Lipinski definition) is 1. The van der Waals surface area contributed by atoms with E-state index in [2.05, 4.69) is 25.8 Å². The number of H-pyrrole nitrogens is 1. The number of halogens is 1. The van der Waals surface area contributed by atoms with Crippen molar-refractivity contribution in [3.63, 3.8) is 0 Å². The summed E-state index contributed by atoms with van der Waals surface area (Å²) in [6.45, 7) is 6.90. The molecule has 1 heterocycles. The third-order valence-corrected chi connectivity index (χ3v) is 2.24. The molecule has 1 N–H and O–H groups in total. The minimum absolute atomic E-state index is 0.673. The fourth-order valence-electron chi connectivity index (χ4n) is 1.17. The van der Waals surface area contributed by atoms with E-state index in [-0.39, 0.29) is 0 Å². The summed E-state index contributed by atoms with van der Waals surface area (Å²) in [5.74, 6) is 0. The summed E-state index contributed by atoms with van der Waals surface area (Å²) < 4.78 is 1.000. The second kappa shape index (κ2) is 2.65. The minimum Gasteiger partial charge on any atom is -0.372 e. The Kier molecular flexibility index (Phi) is 1.63. The Bertz CT molecular complexity index is 465. The summed E-state index contributed by atoms with van der Waals surface area (Å²) in [7, 11) is 0. The van der Waals surface area contributed by atoms with E-state index >= 15 is 0 Å². The van der Waals surface area contributed by atoms with Crippen molar-refractivity contribution in [2.75, 3.05) is 0 Å². The molecule has 2 nitrogen and oxygen atoms in total. The molecule has 2 rings (SSSR count). The average Bonchev–Trinajstić information content (AvgIpc) is 2.46. The molecule has 0 fully saturated rings. The largest absolute Gasteiger partial charge is 0.372 e. The molecule has 0 atom stereocenters. The highest BCUT2D eigenvalue weighted by Crippen LogP contribution is 2.28. The van der Waals surface area contributed by atoms with Gasteiger partial charge in [0.05, 0.1) is 6.57 Å². The molecule has 0 amide bonds. The van der Waals surface area contributed by atoms with Gasteiger partial charge < -0.3 is 4.98 Å². The monoisotopic (exact) mass is 220 g/mol. The average molecular weight is 221 g/mol. The van der Waals surface area contributed by atoms with Crippen molar-refractivity contribution >= 4 is 32.5 Å². The maximum atomic E-state index is 6.90. The van der Waals surface area contributed by atoms with Crippen LogP contribution in [0.15, 0.2) is 28.9 Å². The number of nitrogens with one attached hydrogen (secondary N) is 1. The number of nitrogens with zero attached hydrogens (tertiary/aromatic N) is 1. The van der Waals surface area contributed by atoms with Crippen LogP contribution in [0.25, 0.3) is 15.7 Å². The summed E-state index contributed by atoms with van der Waals surface area (Å²) in [4.78, 5) is 6.43. The predicted molar refractivity (Wildman–Crippen MR) is 52.3 cm³/mol. The van der Waals surface area contributed by atoms with Gasteiger partial charge in [0.1, 0.15) is 0 Å². The SMILES string of the molecule is [C-]#[N+]c1c[nH]c2ccc(Br)cc12. The van der Waals surface area contributed by atoms with E-state index in [9.17, 15) is 0 Å². The van der Waals surface area contributed by atoms with Crippen LogP contribution in [-0.4, -0.2) is 4.98 Å². The summed E-state index contributed by atoms with van der Waals surface area (Å²) in [5.41, 5.74) is 1.68. The molecule has 0 unspecified atom stereocenters. The van der Waals surface area contributed by atoms with E-state index in [1.165, 1.54) is 0 Å². The summed E-state index contributed by atoms with van der Waals surface area (Å²) in [6, 6.07) is 5.85. The molecule has 0 saturated carbocycles. The number of aromatic amines is 1. The number of hydrogen-bond acceptors (Lipinski definition) is 0. The fraction of sp³-hybridized carbons (Fsp3) is 0. The van der Waals surface area contributed by atoms with Crippen LogP contribution in [0.2, 0.25) is 0 Å². The number of benzene rings is 1. The molecule has 0 aliphatic carbocycles. The van der Waals surface area contributed by atoms with Crippen LogP contribution in [0.4, 0.5) is 5.69 Å². The Labute approximate surface area is 78.2 Å². The number of aromatic nitrogens is 1. The van der Waals surface area contributed by atoms with Crippen molar-refractivity contribution in [1.29, 1.82) is 0 Å². The molecular weight excluding hydrogens is 216 g/mol. The third kappa shape index (κ3) is 1.01. The molecule has 12 heavy (non-hydrogen) atoms. The van der Waals surface area contributed by atoms with E-state index in [1.54, 1.807) is 6.20 Å². The highest BCUT2D eigenvalue weighted by molar-refractivity contribution is 9.10. The topological polar surface area (TPSA) is 20.1 Å². The van der Waals surface area contributed by atoms with Crippen LogP contribution < -0.4 is 0 Å². The Morgan fingerprint density at radius 2 is 2.25 bits per heavy atom. The van der Waals surface area contributed by atoms with Crippen LogP contribution in [0, 0.1) is 6.57 Å². The van der Waals surface area contributed by atoms with Crippen LogP contribution in [-0.2, 0) is 0 Å². The lowest BCUT2D eigenvalue weighted by atomic mass is 10.2. The Balaban J connectivity index is 2.86. The van der Waals surface area contributed by atoms with Gasteiger partial charge in [-0.3, -0.25) is 0 Å². The zero-order valence-electron chi connectivity index (χ0n) is 6.13. The zero-order valence-corrected chi connectivity index (χ0v) is 7.72. The first-order valence-corrected chi connectivity index (χ1v) is 4.24. The zero-order chi connectivity index (χ0) is 8.55.